The summed E-state index contributed by atoms with van der Waals surface area (Å²) in [6.07, 6.45) is 4.18. The molecule has 3 rings (SSSR count). The number of hydrogen-bond donors (Lipinski definition) is 4. The number of rotatable bonds is 4. The Labute approximate surface area is 207 Å². The largest absolute Gasteiger partial charge is 0.358 e. The van der Waals surface area contributed by atoms with Crippen molar-refractivity contribution in [3.63, 3.8) is 0 Å². The van der Waals surface area contributed by atoms with Crippen molar-refractivity contribution in [1.82, 2.24) is 10.6 Å². The summed E-state index contributed by atoms with van der Waals surface area (Å²) in [5.41, 5.74) is 1.47. The van der Waals surface area contributed by atoms with Gasteiger partial charge in [0.2, 0.25) is 0 Å². The SMILES string of the molecule is S=C(Nc1cc(Cl)cc(Cl)c1)NC1CCCCC1NC(=S)Nc1cc(Cl)cc(Cl)c1. The molecule has 2 atom stereocenters. The number of nitrogens with one attached hydrogen (secondary N) is 4. The Morgan fingerprint density at radius 3 is 1.30 bits per heavy atom. The molecule has 2 unspecified atom stereocenters. The molecule has 0 bridgehead atoms. The molecule has 0 heterocycles. The fourth-order valence-electron chi connectivity index (χ4n) is 3.40. The standard InChI is InChI=1S/C20H20Cl4N4S2/c21-11-5-12(22)8-15(7-11)25-19(29)27-17-3-1-2-4-18(17)28-20(30)26-16-9-13(23)6-14(24)10-16/h5-10,17-18H,1-4H2,(H2,25,27,29)(H2,26,28,30). The van der Waals surface area contributed by atoms with E-state index < -0.39 is 0 Å². The van der Waals surface area contributed by atoms with Gasteiger partial charge in [-0.3, -0.25) is 0 Å². The van der Waals surface area contributed by atoms with Gasteiger partial charge in [-0.2, -0.15) is 0 Å². The molecule has 2 aromatic carbocycles. The first-order valence-corrected chi connectivity index (χ1v) is 11.7. The van der Waals surface area contributed by atoms with Gasteiger partial charge in [-0.05, 0) is 73.7 Å². The highest BCUT2D eigenvalue weighted by Crippen LogP contribution is 2.24. The summed E-state index contributed by atoms with van der Waals surface area (Å²) in [5.74, 6) is 0. The maximum atomic E-state index is 6.06. The lowest BCUT2D eigenvalue weighted by Crippen LogP contribution is -2.54. The molecule has 0 aromatic heterocycles. The van der Waals surface area contributed by atoms with Gasteiger partial charge in [0.05, 0.1) is 0 Å². The normalized spacial score (nSPS) is 18.4. The van der Waals surface area contributed by atoms with Crippen LogP contribution in [0.5, 0.6) is 0 Å². The molecule has 4 N–H and O–H groups in total. The molecule has 0 aliphatic heterocycles. The Morgan fingerprint density at radius 2 is 0.967 bits per heavy atom. The van der Waals surface area contributed by atoms with Gasteiger partial charge in [0.25, 0.3) is 0 Å². The number of halogens is 4. The molecule has 160 valence electrons. The lowest BCUT2D eigenvalue weighted by Gasteiger charge is -2.34. The monoisotopic (exact) mass is 520 g/mol. The second-order valence-corrected chi connectivity index (χ2v) is 9.57. The first-order valence-electron chi connectivity index (χ1n) is 9.36. The Hall–Kier alpha value is -1.02. The minimum atomic E-state index is 0.121. The van der Waals surface area contributed by atoms with Gasteiger partial charge in [-0.25, -0.2) is 0 Å². The van der Waals surface area contributed by atoms with Crippen molar-refractivity contribution in [3.05, 3.63) is 56.5 Å². The zero-order valence-electron chi connectivity index (χ0n) is 15.8. The Bertz CT molecular complexity index is 825. The summed E-state index contributed by atoms with van der Waals surface area (Å²) in [5, 5.41) is 16.2. The Balaban J connectivity index is 1.58. The number of thiocarbonyl (C=S) groups is 2. The van der Waals surface area contributed by atoms with E-state index in [1.54, 1.807) is 36.4 Å². The zero-order valence-corrected chi connectivity index (χ0v) is 20.4. The van der Waals surface area contributed by atoms with Gasteiger partial charge >= 0.3 is 0 Å². The Morgan fingerprint density at radius 1 is 0.633 bits per heavy atom. The Kier molecular flexibility index (Phi) is 8.69. The topological polar surface area (TPSA) is 48.1 Å². The molecule has 1 fully saturated rings. The minimum absolute atomic E-state index is 0.121. The van der Waals surface area contributed by atoms with Crippen LogP contribution < -0.4 is 21.3 Å². The van der Waals surface area contributed by atoms with Gasteiger partial charge in [0.1, 0.15) is 0 Å². The third-order valence-corrected chi connectivity index (χ3v) is 5.95. The minimum Gasteiger partial charge on any atom is -0.358 e. The maximum absolute atomic E-state index is 6.06. The third kappa shape index (κ3) is 7.29. The second-order valence-electron chi connectivity index (χ2n) is 7.01. The number of anilines is 2. The molecular formula is C20H20Cl4N4S2. The molecule has 4 nitrogen and oxygen atoms in total. The average Bonchev–Trinajstić information content (AvgIpc) is 2.61. The molecule has 30 heavy (non-hydrogen) atoms. The van der Waals surface area contributed by atoms with E-state index in [1.165, 1.54) is 0 Å². The van der Waals surface area contributed by atoms with Crippen molar-refractivity contribution in [3.8, 4) is 0 Å². The van der Waals surface area contributed by atoms with E-state index in [9.17, 15) is 0 Å². The highest BCUT2D eigenvalue weighted by molar-refractivity contribution is 7.80. The smallest absolute Gasteiger partial charge is 0.171 e. The van der Waals surface area contributed by atoms with E-state index in [0.29, 0.717) is 30.3 Å². The van der Waals surface area contributed by atoms with Crippen LogP contribution in [0.1, 0.15) is 25.7 Å². The molecular weight excluding hydrogens is 502 g/mol. The van der Waals surface area contributed by atoms with Crippen molar-refractivity contribution in [1.29, 1.82) is 0 Å². The van der Waals surface area contributed by atoms with Crippen LogP contribution in [0.3, 0.4) is 0 Å². The molecule has 10 heteroatoms. The fourth-order valence-corrected chi connectivity index (χ4v) is 4.99. The quantitative estimate of drug-likeness (QED) is 0.329. The van der Waals surface area contributed by atoms with Gasteiger partial charge in [-0.1, -0.05) is 59.2 Å². The first kappa shape index (κ1) is 23.6. The summed E-state index contributed by atoms with van der Waals surface area (Å²) in [4.78, 5) is 0. The van der Waals surface area contributed by atoms with E-state index in [-0.39, 0.29) is 12.1 Å². The summed E-state index contributed by atoms with van der Waals surface area (Å²) >= 11 is 35.2. The van der Waals surface area contributed by atoms with E-state index in [0.717, 1.165) is 37.1 Å². The molecule has 0 saturated heterocycles. The van der Waals surface area contributed by atoms with Crippen molar-refractivity contribution in [2.75, 3.05) is 10.6 Å². The van der Waals surface area contributed by atoms with E-state index in [4.69, 9.17) is 70.8 Å². The van der Waals surface area contributed by atoms with Gasteiger partial charge in [0.15, 0.2) is 10.2 Å². The first-order chi connectivity index (χ1) is 14.3. The highest BCUT2D eigenvalue weighted by atomic mass is 35.5. The third-order valence-electron chi connectivity index (χ3n) is 4.64. The van der Waals surface area contributed by atoms with Crippen molar-refractivity contribution < 1.29 is 0 Å². The second kappa shape index (κ2) is 11.0. The molecule has 1 saturated carbocycles. The van der Waals surface area contributed by atoms with Crippen molar-refractivity contribution in [2.45, 2.75) is 37.8 Å². The summed E-state index contributed by atoms with van der Waals surface area (Å²) in [6, 6.07) is 10.7. The molecule has 1 aliphatic carbocycles. The van der Waals surface area contributed by atoms with Crippen LogP contribution in [-0.2, 0) is 0 Å². The van der Waals surface area contributed by atoms with Gasteiger partial charge < -0.3 is 21.3 Å². The molecule has 0 radical (unpaired) electrons. The van der Waals surface area contributed by atoms with Gasteiger partial charge in [-0.15, -0.1) is 0 Å². The highest BCUT2D eigenvalue weighted by Gasteiger charge is 2.26. The van der Waals surface area contributed by atoms with Crippen LogP contribution >= 0.6 is 70.8 Å². The summed E-state index contributed by atoms with van der Waals surface area (Å²) in [7, 11) is 0. The molecule has 0 spiro atoms. The van der Waals surface area contributed by atoms with Crippen LogP contribution in [0.2, 0.25) is 20.1 Å². The summed E-state index contributed by atoms with van der Waals surface area (Å²) < 4.78 is 0. The van der Waals surface area contributed by atoms with E-state index in [1.807, 2.05) is 0 Å². The predicted octanol–water partition coefficient (Wildman–Crippen LogP) is 6.88. The zero-order chi connectivity index (χ0) is 21.7. The van der Waals surface area contributed by atoms with Crippen LogP contribution in [0.4, 0.5) is 11.4 Å². The molecule has 2 aromatic rings. The number of benzene rings is 2. The van der Waals surface area contributed by atoms with Crippen LogP contribution in [0.15, 0.2) is 36.4 Å². The van der Waals surface area contributed by atoms with Crippen LogP contribution in [-0.4, -0.2) is 22.3 Å². The molecule has 0 amide bonds. The van der Waals surface area contributed by atoms with Crippen molar-refractivity contribution >= 4 is 92.4 Å². The fraction of sp³-hybridized carbons (Fsp3) is 0.300. The summed E-state index contributed by atoms with van der Waals surface area (Å²) in [6.45, 7) is 0. The lowest BCUT2D eigenvalue weighted by atomic mass is 9.90. The van der Waals surface area contributed by atoms with Crippen LogP contribution in [0.25, 0.3) is 0 Å². The lowest BCUT2D eigenvalue weighted by molar-refractivity contribution is 0.340. The maximum Gasteiger partial charge on any atom is 0.171 e. The molecule has 1 aliphatic rings. The van der Waals surface area contributed by atoms with Crippen LogP contribution in [0, 0.1) is 0 Å². The number of hydrogen-bond acceptors (Lipinski definition) is 2. The predicted molar refractivity (Wildman–Crippen MR) is 138 cm³/mol. The van der Waals surface area contributed by atoms with Crippen molar-refractivity contribution in [2.24, 2.45) is 0 Å². The average molecular weight is 522 g/mol. The van der Waals surface area contributed by atoms with Gasteiger partial charge in [0, 0.05) is 43.5 Å². The van der Waals surface area contributed by atoms with E-state index in [2.05, 4.69) is 21.3 Å². The van der Waals surface area contributed by atoms with E-state index >= 15 is 0 Å².